The van der Waals surface area contributed by atoms with Gasteiger partial charge in [-0.15, -0.1) is 0 Å². The van der Waals surface area contributed by atoms with Crippen LogP contribution < -0.4 is 5.32 Å². The van der Waals surface area contributed by atoms with Crippen LogP contribution >= 0.6 is 0 Å². The monoisotopic (exact) mass is 259 g/mol. The summed E-state index contributed by atoms with van der Waals surface area (Å²) in [7, 11) is 0. The first-order chi connectivity index (χ1) is 8.83. The topological polar surface area (TPSA) is 39.7 Å². The van der Waals surface area contributed by atoms with E-state index in [-0.39, 0.29) is 12.2 Å². The molecule has 1 aliphatic rings. The van der Waals surface area contributed by atoms with Crippen LogP contribution in [0.4, 0.5) is 0 Å². The van der Waals surface area contributed by atoms with Crippen molar-refractivity contribution in [2.75, 3.05) is 33.0 Å². The molecular formula is C14H29NO3. The fourth-order valence-corrected chi connectivity index (χ4v) is 2.19. The molecule has 108 valence electrons. The van der Waals surface area contributed by atoms with Crippen molar-refractivity contribution < 1.29 is 14.2 Å². The molecule has 0 amide bonds. The van der Waals surface area contributed by atoms with E-state index in [1.807, 2.05) is 6.92 Å². The van der Waals surface area contributed by atoms with Gasteiger partial charge >= 0.3 is 0 Å². The lowest BCUT2D eigenvalue weighted by Gasteiger charge is -2.44. The van der Waals surface area contributed by atoms with Gasteiger partial charge in [-0.25, -0.2) is 0 Å². The molecule has 0 aromatic heterocycles. The Bertz CT molecular complexity index is 201. The maximum absolute atomic E-state index is 5.81. The summed E-state index contributed by atoms with van der Waals surface area (Å²) in [6, 6.07) is 0.464. The minimum atomic E-state index is 0.215. The molecule has 0 aromatic rings. The van der Waals surface area contributed by atoms with Gasteiger partial charge in [0.2, 0.25) is 0 Å². The van der Waals surface area contributed by atoms with Gasteiger partial charge in [0.05, 0.1) is 25.4 Å². The fourth-order valence-electron chi connectivity index (χ4n) is 2.19. The SMILES string of the molecule is CCCNC1CC(OCCOCCC)C1OCC. The molecule has 3 atom stereocenters. The van der Waals surface area contributed by atoms with E-state index in [0.29, 0.717) is 19.3 Å². The molecule has 1 fully saturated rings. The maximum Gasteiger partial charge on any atom is 0.0990 e. The highest BCUT2D eigenvalue weighted by Gasteiger charge is 2.42. The summed E-state index contributed by atoms with van der Waals surface area (Å²) in [5.74, 6) is 0. The highest BCUT2D eigenvalue weighted by molar-refractivity contribution is 4.97. The molecule has 1 N–H and O–H groups in total. The van der Waals surface area contributed by atoms with E-state index in [0.717, 1.165) is 39.0 Å². The van der Waals surface area contributed by atoms with Gasteiger partial charge in [-0.05, 0) is 32.7 Å². The molecule has 0 aliphatic heterocycles. The molecule has 0 bridgehead atoms. The Morgan fingerprint density at radius 2 is 1.83 bits per heavy atom. The Morgan fingerprint density at radius 3 is 2.50 bits per heavy atom. The van der Waals surface area contributed by atoms with E-state index in [9.17, 15) is 0 Å². The summed E-state index contributed by atoms with van der Waals surface area (Å²) < 4.78 is 17.0. The lowest BCUT2D eigenvalue weighted by atomic mass is 9.85. The first kappa shape index (κ1) is 15.9. The van der Waals surface area contributed by atoms with Crippen molar-refractivity contribution in [2.24, 2.45) is 0 Å². The molecule has 4 nitrogen and oxygen atoms in total. The highest BCUT2D eigenvalue weighted by atomic mass is 16.6. The lowest BCUT2D eigenvalue weighted by Crippen LogP contribution is -2.60. The van der Waals surface area contributed by atoms with Crippen molar-refractivity contribution in [3.8, 4) is 0 Å². The zero-order chi connectivity index (χ0) is 13.2. The second kappa shape index (κ2) is 9.73. The van der Waals surface area contributed by atoms with E-state index >= 15 is 0 Å². The van der Waals surface area contributed by atoms with E-state index in [4.69, 9.17) is 14.2 Å². The summed E-state index contributed by atoms with van der Waals surface area (Å²) in [5.41, 5.74) is 0. The number of ether oxygens (including phenoxy) is 3. The Kier molecular flexibility index (Phi) is 8.59. The van der Waals surface area contributed by atoms with Crippen LogP contribution in [0, 0.1) is 0 Å². The third-order valence-electron chi connectivity index (χ3n) is 3.17. The van der Waals surface area contributed by atoms with Gasteiger partial charge in [0.25, 0.3) is 0 Å². The van der Waals surface area contributed by atoms with E-state index in [1.165, 1.54) is 0 Å². The van der Waals surface area contributed by atoms with Gasteiger partial charge in [0, 0.05) is 19.3 Å². The Morgan fingerprint density at radius 1 is 1.00 bits per heavy atom. The average molecular weight is 259 g/mol. The van der Waals surface area contributed by atoms with Gasteiger partial charge in [0.1, 0.15) is 0 Å². The van der Waals surface area contributed by atoms with Crippen molar-refractivity contribution in [2.45, 2.75) is 58.3 Å². The van der Waals surface area contributed by atoms with Gasteiger partial charge in [-0.3, -0.25) is 0 Å². The summed E-state index contributed by atoms with van der Waals surface area (Å²) >= 11 is 0. The third-order valence-corrected chi connectivity index (χ3v) is 3.17. The average Bonchev–Trinajstić information content (AvgIpc) is 2.37. The standard InChI is InChI=1S/C14H29NO3/c1-4-7-15-12-11-13(14(12)17-6-3)18-10-9-16-8-5-2/h12-15H,4-11H2,1-3H3. The van der Waals surface area contributed by atoms with Crippen LogP contribution in [0.25, 0.3) is 0 Å². The van der Waals surface area contributed by atoms with Gasteiger partial charge < -0.3 is 19.5 Å². The van der Waals surface area contributed by atoms with Gasteiger partial charge in [-0.2, -0.15) is 0 Å². The van der Waals surface area contributed by atoms with Crippen molar-refractivity contribution in [3.05, 3.63) is 0 Å². The van der Waals surface area contributed by atoms with Crippen LogP contribution in [0.2, 0.25) is 0 Å². The predicted octanol–water partition coefficient (Wildman–Crippen LogP) is 1.98. The normalized spacial score (nSPS) is 27.2. The van der Waals surface area contributed by atoms with Crippen LogP contribution in [-0.4, -0.2) is 51.2 Å². The molecule has 1 saturated carbocycles. The largest absolute Gasteiger partial charge is 0.379 e. The molecule has 0 spiro atoms. The lowest BCUT2D eigenvalue weighted by molar-refractivity contribution is -0.150. The minimum Gasteiger partial charge on any atom is -0.379 e. The van der Waals surface area contributed by atoms with Crippen molar-refractivity contribution >= 4 is 0 Å². The molecule has 18 heavy (non-hydrogen) atoms. The Hall–Kier alpha value is -0.160. The molecule has 0 radical (unpaired) electrons. The zero-order valence-corrected chi connectivity index (χ0v) is 12.1. The highest BCUT2D eigenvalue weighted by Crippen LogP contribution is 2.27. The summed E-state index contributed by atoms with van der Waals surface area (Å²) in [6.07, 6.45) is 3.73. The summed E-state index contributed by atoms with van der Waals surface area (Å²) in [6.45, 7) is 10.3. The number of rotatable bonds is 11. The smallest absolute Gasteiger partial charge is 0.0990 e. The van der Waals surface area contributed by atoms with Crippen LogP contribution in [-0.2, 0) is 14.2 Å². The van der Waals surface area contributed by atoms with E-state index in [1.54, 1.807) is 0 Å². The molecular weight excluding hydrogens is 230 g/mol. The third kappa shape index (κ3) is 5.22. The van der Waals surface area contributed by atoms with Gasteiger partial charge in [0.15, 0.2) is 0 Å². The first-order valence-electron chi connectivity index (χ1n) is 7.37. The molecule has 3 unspecified atom stereocenters. The quantitative estimate of drug-likeness (QED) is 0.576. The number of hydrogen-bond acceptors (Lipinski definition) is 4. The summed E-state index contributed by atoms with van der Waals surface area (Å²) in [5, 5.41) is 3.51. The summed E-state index contributed by atoms with van der Waals surface area (Å²) in [4.78, 5) is 0. The van der Waals surface area contributed by atoms with Crippen LogP contribution in [0.15, 0.2) is 0 Å². The Balaban J connectivity index is 2.13. The molecule has 4 heteroatoms. The van der Waals surface area contributed by atoms with Crippen molar-refractivity contribution in [1.82, 2.24) is 5.32 Å². The Labute approximate surface area is 111 Å². The predicted molar refractivity (Wildman–Crippen MR) is 73.0 cm³/mol. The van der Waals surface area contributed by atoms with Crippen LogP contribution in [0.3, 0.4) is 0 Å². The first-order valence-corrected chi connectivity index (χ1v) is 7.37. The molecule has 0 saturated heterocycles. The van der Waals surface area contributed by atoms with Crippen molar-refractivity contribution in [3.63, 3.8) is 0 Å². The van der Waals surface area contributed by atoms with Crippen molar-refractivity contribution in [1.29, 1.82) is 0 Å². The fraction of sp³-hybridized carbons (Fsp3) is 1.00. The van der Waals surface area contributed by atoms with Gasteiger partial charge in [-0.1, -0.05) is 13.8 Å². The molecule has 0 heterocycles. The molecule has 0 aromatic carbocycles. The minimum absolute atomic E-state index is 0.215. The number of hydrogen-bond donors (Lipinski definition) is 1. The van der Waals surface area contributed by atoms with Crippen LogP contribution in [0.1, 0.15) is 40.0 Å². The molecule has 1 rings (SSSR count). The second-order valence-electron chi connectivity index (χ2n) is 4.74. The maximum atomic E-state index is 5.81. The van der Waals surface area contributed by atoms with E-state index < -0.39 is 0 Å². The zero-order valence-electron chi connectivity index (χ0n) is 12.1. The number of nitrogens with one attached hydrogen (secondary N) is 1. The molecule has 1 aliphatic carbocycles. The second-order valence-corrected chi connectivity index (χ2v) is 4.74. The van der Waals surface area contributed by atoms with Crippen LogP contribution in [0.5, 0.6) is 0 Å². The van der Waals surface area contributed by atoms with E-state index in [2.05, 4.69) is 19.2 Å².